The van der Waals surface area contributed by atoms with E-state index in [9.17, 15) is 4.79 Å². The van der Waals surface area contributed by atoms with Crippen LogP contribution in [0.2, 0.25) is 12.6 Å². The summed E-state index contributed by atoms with van der Waals surface area (Å²) in [5, 5.41) is 0. The van der Waals surface area contributed by atoms with Crippen molar-refractivity contribution < 1.29 is 18.4 Å². The SMILES string of the molecule is C=CC(=O)OC(C)O[Si](C)(CC(C)C)OC. The van der Waals surface area contributed by atoms with E-state index in [2.05, 4.69) is 20.4 Å². The van der Waals surface area contributed by atoms with Gasteiger partial charge in [-0.05, 0) is 25.4 Å². The summed E-state index contributed by atoms with van der Waals surface area (Å²) >= 11 is 0. The van der Waals surface area contributed by atoms with Gasteiger partial charge < -0.3 is 13.6 Å². The first-order valence-corrected chi connectivity index (χ1v) is 7.91. The first kappa shape index (κ1) is 15.3. The molecule has 0 aliphatic heterocycles. The van der Waals surface area contributed by atoms with Gasteiger partial charge in [0.25, 0.3) is 0 Å². The number of ether oxygens (including phenoxy) is 1. The third kappa shape index (κ3) is 6.04. The highest BCUT2D eigenvalue weighted by Gasteiger charge is 2.34. The quantitative estimate of drug-likeness (QED) is 0.299. The Kier molecular flexibility index (Phi) is 6.55. The van der Waals surface area contributed by atoms with Crippen molar-refractivity contribution in [1.82, 2.24) is 0 Å². The van der Waals surface area contributed by atoms with Crippen molar-refractivity contribution in [2.45, 2.75) is 39.7 Å². The molecule has 0 saturated heterocycles. The van der Waals surface area contributed by atoms with Crippen LogP contribution in [0, 0.1) is 5.92 Å². The minimum atomic E-state index is -2.24. The second kappa shape index (κ2) is 6.83. The van der Waals surface area contributed by atoms with Crippen molar-refractivity contribution in [2.75, 3.05) is 7.11 Å². The van der Waals surface area contributed by atoms with Crippen LogP contribution in [-0.2, 0) is 18.4 Å². The van der Waals surface area contributed by atoms with Gasteiger partial charge in [0, 0.05) is 13.2 Å². The topological polar surface area (TPSA) is 44.8 Å². The Morgan fingerprint density at radius 2 is 2.00 bits per heavy atom. The molecule has 0 saturated carbocycles. The number of hydrogen-bond acceptors (Lipinski definition) is 4. The van der Waals surface area contributed by atoms with Gasteiger partial charge in [-0.2, -0.15) is 0 Å². The minimum absolute atomic E-state index is 0.482. The van der Waals surface area contributed by atoms with E-state index in [1.54, 1.807) is 14.0 Å². The number of carbonyl (C=O) groups is 1. The molecule has 0 aromatic carbocycles. The highest BCUT2D eigenvalue weighted by molar-refractivity contribution is 6.66. The fraction of sp³-hybridized carbons (Fsp3) is 0.727. The van der Waals surface area contributed by atoms with Crippen LogP contribution < -0.4 is 0 Å². The molecule has 0 bridgehead atoms. The van der Waals surface area contributed by atoms with Crippen LogP contribution in [0.4, 0.5) is 0 Å². The molecule has 0 fully saturated rings. The largest absolute Gasteiger partial charge is 0.434 e. The van der Waals surface area contributed by atoms with Crippen molar-refractivity contribution in [1.29, 1.82) is 0 Å². The van der Waals surface area contributed by atoms with Gasteiger partial charge in [0.15, 0.2) is 6.29 Å². The molecule has 0 amide bonds. The summed E-state index contributed by atoms with van der Waals surface area (Å²) in [7, 11) is -0.605. The number of rotatable bonds is 7. The molecule has 0 aliphatic rings. The lowest BCUT2D eigenvalue weighted by Crippen LogP contribution is -2.42. The lowest BCUT2D eigenvalue weighted by atomic mass is 10.3. The van der Waals surface area contributed by atoms with E-state index in [-0.39, 0.29) is 0 Å². The summed E-state index contributed by atoms with van der Waals surface area (Å²) in [6, 6.07) is 0.861. The van der Waals surface area contributed by atoms with Gasteiger partial charge >= 0.3 is 14.5 Å². The molecule has 16 heavy (non-hydrogen) atoms. The smallest absolute Gasteiger partial charge is 0.337 e. The lowest BCUT2D eigenvalue weighted by molar-refractivity contribution is -0.157. The zero-order valence-electron chi connectivity index (χ0n) is 10.8. The van der Waals surface area contributed by atoms with E-state index in [1.807, 2.05) is 6.55 Å². The molecule has 5 heteroatoms. The molecule has 4 nitrogen and oxygen atoms in total. The van der Waals surface area contributed by atoms with E-state index in [0.29, 0.717) is 5.92 Å². The summed E-state index contributed by atoms with van der Waals surface area (Å²) in [5.41, 5.74) is 0. The van der Waals surface area contributed by atoms with Gasteiger partial charge in [-0.25, -0.2) is 4.79 Å². The summed E-state index contributed by atoms with van der Waals surface area (Å²) in [6.07, 6.45) is 0.523. The molecule has 94 valence electrons. The Labute approximate surface area is 98.8 Å². The highest BCUT2D eigenvalue weighted by Crippen LogP contribution is 2.20. The standard InChI is InChI=1S/C11H22O4Si/c1-7-11(12)14-10(4)15-16(6,13-5)8-9(2)3/h7,9-10H,1,8H2,2-6H3. The molecular formula is C11H22O4Si. The van der Waals surface area contributed by atoms with E-state index >= 15 is 0 Å². The predicted octanol–water partition coefficient (Wildman–Crippen LogP) is 2.45. The van der Waals surface area contributed by atoms with Crippen molar-refractivity contribution >= 4 is 14.5 Å². The molecule has 2 atom stereocenters. The number of esters is 1. The molecule has 0 heterocycles. The van der Waals surface area contributed by atoms with Gasteiger partial charge in [0.2, 0.25) is 0 Å². The zero-order valence-corrected chi connectivity index (χ0v) is 11.8. The summed E-state index contributed by atoms with van der Waals surface area (Å²) in [5.74, 6) is 0.00317. The van der Waals surface area contributed by atoms with Gasteiger partial charge in [-0.1, -0.05) is 20.4 Å². The van der Waals surface area contributed by atoms with Crippen molar-refractivity contribution in [3.63, 3.8) is 0 Å². The monoisotopic (exact) mass is 246 g/mol. The van der Waals surface area contributed by atoms with Crippen molar-refractivity contribution in [3.8, 4) is 0 Å². The van der Waals surface area contributed by atoms with Crippen molar-refractivity contribution in [2.24, 2.45) is 5.92 Å². The van der Waals surface area contributed by atoms with Crippen LogP contribution in [0.1, 0.15) is 20.8 Å². The molecule has 0 radical (unpaired) electrons. The maximum Gasteiger partial charge on any atom is 0.337 e. The first-order valence-electron chi connectivity index (χ1n) is 5.39. The molecule has 0 spiro atoms. The predicted molar refractivity (Wildman–Crippen MR) is 65.1 cm³/mol. The summed E-state index contributed by atoms with van der Waals surface area (Å²) in [4.78, 5) is 11.0. The molecule has 0 aliphatic carbocycles. The average Bonchev–Trinajstić information content (AvgIpc) is 2.15. The number of hydrogen-bond donors (Lipinski definition) is 0. The Hall–Kier alpha value is -0.653. The molecule has 0 rings (SSSR count). The number of carbonyl (C=O) groups excluding carboxylic acids is 1. The van der Waals surface area contributed by atoms with E-state index in [1.165, 1.54) is 0 Å². The third-order valence-electron chi connectivity index (χ3n) is 2.07. The van der Waals surface area contributed by atoms with Crippen LogP contribution in [0.3, 0.4) is 0 Å². The molecule has 0 aromatic heterocycles. The lowest BCUT2D eigenvalue weighted by Gasteiger charge is -2.29. The van der Waals surface area contributed by atoms with Crippen LogP contribution in [0.5, 0.6) is 0 Å². The molecule has 2 unspecified atom stereocenters. The average molecular weight is 246 g/mol. The fourth-order valence-electron chi connectivity index (χ4n) is 1.51. The van der Waals surface area contributed by atoms with E-state index in [4.69, 9.17) is 13.6 Å². The van der Waals surface area contributed by atoms with Crippen LogP contribution >= 0.6 is 0 Å². The Bertz CT molecular complexity index is 242. The normalized spacial score (nSPS) is 16.6. The zero-order chi connectivity index (χ0) is 12.8. The molecule has 0 aromatic rings. The van der Waals surface area contributed by atoms with E-state index < -0.39 is 20.8 Å². The molecular weight excluding hydrogens is 224 g/mol. The van der Waals surface area contributed by atoms with Gasteiger partial charge in [0.1, 0.15) is 0 Å². The van der Waals surface area contributed by atoms with Crippen LogP contribution in [0.25, 0.3) is 0 Å². The van der Waals surface area contributed by atoms with E-state index in [0.717, 1.165) is 12.1 Å². The Morgan fingerprint density at radius 3 is 2.38 bits per heavy atom. The highest BCUT2D eigenvalue weighted by atomic mass is 28.4. The Morgan fingerprint density at radius 1 is 1.44 bits per heavy atom. The summed E-state index contributed by atoms with van der Waals surface area (Å²) < 4.78 is 16.1. The Balaban J connectivity index is 4.29. The maximum absolute atomic E-state index is 11.0. The van der Waals surface area contributed by atoms with Gasteiger partial charge in [0.05, 0.1) is 0 Å². The van der Waals surface area contributed by atoms with Gasteiger partial charge in [-0.15, -0.1) is 0 Å². The van der Waals surface area contributed by atoms with Gasteiger partial charge in [-0.3, -0.25) is 0 Å². The van der Waals surface area contributed by atoms with Crippen LogP contribution in [-0.4, -0.2) is 27.9 Å². The third-order valence-corrected chi connectivity index (χ3v) is 5.33. The fourth-order valence-corrected chi connectivity index (χ4v) is 4.10. The summed E-state index contributed by atoms with van der Waals surface area (Å²) in [6.45, 7) is 11.2. The maximum atomic E-state index is 11.0. The second-order valence-corrected chi connectivity index (χ2v) is 7.58. The minimum Gasteiger partial charge on any atom is -0.434 e. The van der Waals surface area contributed by atoms with Crippen molar-refractivity contribution in [3.05, 3.63) is 12.7 Å². The van der Waals surface area contributed by atoms with Crippen LogP contribution in [0.15, 0.2) is 12.7 Å². The first-order chi connectivity index (χ1) is 7.33. The molecule has 0 N–H and O–H groups in total. The second-order valence-electron chi connectivity index (χ2n) is 4.26.